The van der Waals surface area contributed by atoms with E-state index < -0.39 is 11.8 Å². The first-order valence-electron chi connectivity index (χ1n) is 10.2. The number of aryl methyl sites for hydroxylation is 2. The number of nitrogens with zero attached hydrogens (tertiary/aromatic N) is 1. The van der Waals surface area contributed by atoms with Crippen LogP contribution in [0, 0.1) is 5.92 Å². The van der Waals surface area contributed by atoms with Crippen LogP contribution in [0.1, 0.15) is 37.3 Å². The summed E-state index contributed by atoms with van der Waals surface area (Å²) in [5.41, 5.74) is 4.20. The van der Waals surface area contributed by atoms with Crippen molar-refractivity contribution in [3.05, 3.63) is 53.6 Å². The van der Waals surface area contributed by atoms with E-state index in [2.05, 4.69) is 17.6 Å². The molecule has 150 valence electrons. The summed E-state index contributed by atoms with van der Waals surface area (Å²) in [7, 11) is 0. The third-order valence-corrected chi connectivity index (χ3v) is 5.48. The van der Waals surface area contributed by atoms with E-state index in [0.717, 1.165) is 48.9 Å². The quantitative estimate of drug-likeness (QED) is 0.783. The average Bonchev–Trinajstić information content (AvgIpc) is 3.58. The van der Waals surface area contributed by atoms with Crippen molar-refractivity contribution in [2.45, 2.75) is 39.0 Å². The lowest BCUT2D eigenvalue weighted by atomic mass is 10.0. The van der Waals surface area contributed by atoms with Gasteiger partial charge in [-0.25, -0.2) is 0 Å². The highest BCUT2D eigenvalue weighted by Crippen LogP contribution is 2.36. The van der Waals surface area contributed by atoms with Gasteiger partial charge in [0.25, 0.3) is 0 Å². The van der Waals surface area contributed by atoms with Gasteiger partial charge in [-0.2, -0.15) is 0 Å². The number of hydrogen-bond donors (Lipinski definition) is 2. The van der Waals surface area contributed by atoms with Crippen molar-refractivity contribution in [2.75, 3.05) is 22.1 Å². The maximum Gasteiger partial charge on any atom is 0.314 e. The third kappa shape index (κ3) is 4.31. The Labute approximate surface area is 170 Å². The molecule has 0 aromatic heterocycles. The molecule has 6 heteroatoms. The summed E-state index contributed by atoms with van der Waals surface area (Å²) >= 11 is 0. The van der Waals surface area contributed by atoms with Gasteiger partial charge in [0.1, 0.15) is 0 Å². The molecular weight excluding hydrogens is 366 g/mol. The van der Waals surface area contributed by atoms with Crippen LogP contribution < -0.4 is 15.5 Å². The molecule has 6 nitrogen and oxygen atoms in total. The number of nitrogens with one attached hydrogen (secondary N) is 2. The zero-order valence-electron chi connectivity index (χ0n) is 16.5. The summed E-state index contributed by atoms with van der Waals surface area (Å²) in [5.74, 6) is -1.15. The van der Waals surface area contributed by atoms with Gasteiger partial charge >= 0.3 is 11.8 Å². The molecule has 2 aromatic rings. The number of hydrogen-bond acceptors (Lipinski definition) is 3. The van der Waals surface area contributed by atoms with Crippen molar-refractivity contribution in [1.82, 2.24) is 0 Å². The highest BCUT2D eigenvalue weighted by atomic mass is 16.2. The average molecular weight is 391 g/mol. The second-order valence-electron chi connectivity index (χ2n) is 7.67. The van der Waals surface area contributed by atoms with E-state index in [-0.39, 0.29) is 11.8 Å². The van der Waals surface area contributed by atoms with Gasteiger partial charge in [0.2, 0.25) is 5.91 Å². The van der Waals surface area contributed by atoms with Crippen LogP contribution in [0.2, 0.25) is 0 Å². The minimum Gasteiger partial charge on any atom is -0.318 e. The second kappa shape index (κ2) is 8.07. The van der Waals surface area contributed by atoms with Crippen LogP contribution in [-0.4, -0.2) is 24.3 Å². The molecule has 3 amide bonds. The summed E-state index contributed by atoms with van der Waals surface area (Å²) in [6.45, 7) is 2.76. The van der Waals surface area contributed by atoms with Gasteiger partial charge in [0.15, 0.2) is 0 Å². The SMILES string of the molecule is CCc1ccc(NC(=O)C(=O)Nc2ccc3c(c2)N(C(=O)C2CC2)CCC3)cc1. The number of anilines is 3. The number of carbonyl (C=O) groups excluding carboxylic acids is 3. The number of fused-ring (bicyclic) bond motifs is 1. The van der Waals surface area contributed by atoms with E-state index in [1.807, 2.05) is 23.1 Å². The molecule has 2 aromatic carbocycles. The summed E-state index contributed by atoms with van der Waals surface area (Å²) in [5, 5.41) is 5.26. The monoisotopic (exact) mass is 391 g/mol. The van der Waals surface area contributed by atoms with Crippen molar-refractivity contribution < 1.29 is 14.4 Å². The molecule has 0 atom stereocenters. The van der Waals surface area contributed by atoms with Crippen molar-refractivity contribution in [3.63, 3.8) is 0 Å². The maximum atomic E-state index is 12.6. The number of benzene rings is 2. The first-order valence-corrected chi connectivity index (χ1v) is 10.2. The van der Waals surface area contributed by atoms with Gasteiger partial charge in [-0.1, -0.05) is 25.1 Å². The van der Waals surface area contributed by atoms with E-state index in [1.54, 1.807) is 24.3 Å². The summed E-state index contributed by atoms with van der Waals surface area (Å²) in [4.78, 5) is 39.0. The molecule has 4 rings (SSSR count). The second-order valence-corrected chi connectivity index (χ2v) is 7.67. The zero-order valence-corrected chi connectivity index (χ0v) is 16.5. The van der Waals surface area contributed by atoms with Crippen LogP contribution in [0.5, 0.6) is 0 Å². The summed E-state index contributed by atoms with van der Waals surface area (Å²) < 4.78 is 0. The smallest absolute Gasteiger partial charge is 0.314 e. The van der Waals surface area contributed by atoms with Crippen molar-refractivity contribution >= 4 is 34.8 Å². The molecule has 1 aliphatic heterocycles. The minimum atomic E-state index is -0.736. The third-order valence-electron chi connectivity index (χ3n) is 5.48. The molecular formula is C23H25N3O3. The van der Waals surface area contributed by atoms with Crippen LogP contribution in [-0.2, 0) is 27.2 Å². The number of amides is 3. The fraction of sp³-hybridized carbons (Fsp3) is 0.348. The highest BCUT2D eigenvalue weighted by Gasteiger charge is 2.35. The molecule has 0 saturated heterocycles. The molecule has 1 aliphatic carbocycles. The first-order chi connectivity index (χ1) is 14.0. The Balaban J connectivity index is 1.44. The molecule has 2 aliphatic rings. The van der Waals surface area contributed by atoms with Gasteiger partial charge in [-0.15, -0.1) is 0 Å². The normalized spacial score (nSPS) is 15.4. The van der Waals surface area contributed by atoms with Crippen LogP contribution in [0.25, 0.3) is 0 Å². The fourth-order valence-corrected chi connectivity index (χ4v) is 3.63. The molecule has 0 spiro atoms. The number of rotatable bonds is 4. The van der Waals surface area contributed by atoms with Crippen LogP contribution in [0.4, 0.5) is 17.1 Å². The summed E-state index contributed by atoms with van der Waals surface area (Å²) in [6.07, 6.45) is 4.68. The Morgan fingerprint density at radius 2 is 1.62 bits per heavy atom. The Kier molecular flexibility index (Phi) is 5.34. The molecule has 0 unspecified atom stereocenters. The minimum absolute atomic E-state index is 0.143. The number of carbonyl (C=O) groups is 3. The Bertz CT molecular complexity index is 948. The van der Waals surface area contributed by atoms with E-state index in [9.17, 15) is 14.4 Å². The molecule has 0 bridgehead atoms. The van der Waals surface area contributed by atoms with Crippen molar-refractivity contribution in [2.24, 2.45) is 5.92 Å². The van der Waals surface area contributed by atoms with Gasteiger partial charge in [0, 0.05) is 29.5 Å². The lowest BCUT2D eigenvalue weighted by Gasteiger charge is -2.30. The molecule has 0 radical (unpaired) electrons. The molecule has 1 saturated carbocycles. The van der Waals surface area contributed by atoms with Gasteiger partial charge < -0.3 is 15.5 Å². The molecule has 2 N–H and O–H groups in total. The van der Waals surface area contributed by atoms with E-state index in [4.69, 9.17) is 0 Å². The predicted octanol–water partition coefficient (Wildman–Crippen LogP) is 3.52. The van der Waals surface area contributed by atoms with E-state index >= 15 is 0 Å². The Morgan fingerprint density at radius 3 is 2.28 bits per heavy atom. The largest absolute Gasteiger partial charge is 0.318 e. The maximum absolute atomic E-state index is 12.6. The van der Waals surface area contributed by atoms with E-state index in [0.29, 0.717) is 17.9 Å². The zero-order chi connectivity index (χ0) is 20.4. The summed E-state index contributed by atoms with van der Waals surface area (Å²) in [6, 6.07) is 12.9. The van der Waals surface area contributed by atoms with Gasteiger partial charge in [0.05, 0.1) is 0 Å². The highest BCUT2D eigenvalue weighted by molar-refractivity contribution is 6.43. The first kappa shape index (κ1) is 19.2. The fourth-order valence-electron chi connectivity index (χ4n) is 3.63. The van der Waals surface area contributed by atoms with Crippen LogP contribution >= 0.6 is 0 Å². The van der Waals surface area contributed by atoms with Crippen molar-refractivity contribution in [1.29, 1.82) is 0 Å². The standard InChI is InChI=1S/C23H25N3O3/c1-2-15-5-10-18(11-6-15)24-21(27)22(28)25-19-12-9-16-4-3-13-26(20(16)14-19)23(29)17-7-8-17/h5-6,9-12,14,17H,2-4,7-8,13H2,1H3,(H,24,27)(H,25,28). The Morgan fingerprint density at radius 1 is 0.966 bits per heavy atom. The topological polar surface area (TPSA) is 78.5 Å². The van der Waals surface area contributed by atoms with Crippen LogP contribution in [0.3, 0.4) is 0 Å². The molecule has 1 heterocycles. The van der Waals surface area contributed by atoms with Crippen LogP contribution in [0.15, 0.2) is 42.5 Å². The molecule has 1 fully saturated rings. The molecule has 29 heavy (non-hydrogen) atoms. The lowest BCUT2D eigenvalue weighted by molar-refractivity contribution is -0.132. The van der Waals surface area contributed by atoms with Gasteiger partial charge in [-0.05, 0) is 67.5 Å². The van der Waals surface area contributed by atoms with Crippen molar-refractivity contribution in [3.8, 4) is 0 Å². The van der Waals surface area contributed by atoms with E-state index in [1.165, 1.54) is 0 Å². The lowest BCUT2D eigenvalue weighted by Crippen LogP contribution is -2.36. The predicted molar refractivity (Wildman–Crippen MR) is 113 cm³/mol. The Hall–Kier alpha value is -3.15. The van der Waals surface area contributed by atoms with Gasteiger partial charge in [-0.3, -0.25) is 14.4 Å².